The van der Waals surface area contributed by atoms with Gasteiger partial charge in [0.05, 0.1) is 21.7 Å². The molecular weight excluding hydrogens is 432 g/mol. The molecule has 2 heterocycles. The topological polar surface area (TPSA) is 51.2 Å². The Morgan fingerprint density at radius 1 is 1.31 bits per heavy atom. The molecule has 2 aromatic heterocycles. The Labute approximate surface area is 169 Å². The second kappa shape index (κ2) is 9.30. The quantitative estimate of drug-likeness (QED) is 0.428. The third-order valence-electron chi connectivity index (χ3n) is 3.73. The maximum Gasteiger partial charge on any atom is 0.226 e. The van der Waals surface area contributed by atoms with Gasteiger partial charge < -0.3 is 10.1 Å². The Morgan fingerprint density at radius 2 is 2.19 bits per heavy atom. The molecule has 0 saturated heterocycles. The van der Waals surface area contributed by atoms with Crippen molar-refractivity contribution in [3.63, 3.8) is 0 Å². The summed E-state index contributed by atoms with van der Waals surface area (Å²) >= 11 is 6.60. The zero-order valence-electron chi connectivity index (χ0n) is 14.3. The van der Waals surface area contributed by atoms with Crippen LogP contribution >= 0.6 is 38.6 Å². The number of thiazole rings is 1. The first-order chi connectivity index (χ1) is 12.7. The number of hydrogen-bond acceptors (Lipinski definition) is 5. The van der Waals surface area contributed by atoms with E-state index in [0.29, 0.717) is 24.6 Å². The number of amides is 1. The van der Waals surface area contributed by atoms with E-state index in [1.807, 2.05) is 29.0 Å². The van der Waals surface area contributed by atoms with Crippen molar-refractivity contribution in [1.29, 1.82) is 0 Å². The van der Waals surface area contributed by atoms with Gasteiger partial charge in [-0.15, -0.1) is 22.7 Å². The molecule has 0 spiro atoms. The molecule has 26 heavy (non-hydrogen) atoms. The summed E-state index contributed by atoms with van der Waals surface area (Å²) < 4.78 is 6.70. The number of carbonyl (C=O) groups excluding carboxylic acids is 1. The van der Waals surface area contributed by atoms with Gasteiger partial charge in [0.1, 0.15) is 5.75 Å². The minimum Gasteiger partial charge on any atom is -0.492 e. The molecule has 0 atom stereocenters. The van der Waals surface area contributed by atoms with Gasteiger partial charge in [-0.3, -0.25) is 4.79 Å². The average molecular weight is 451 g/mol. The Balaban J connectivity index is 1.42. The van der Waals surface area contributed by atoms with Crippen LogP contribution in [0.1, 0.15) is 25.3 Å². The van der Waals surface area contributed by atoms with Crippen molar-refractivity contribution < 1.29 is 9.53 Å². The molecular formula is C19H19BrN2O2S2. The van der Waals surface area contributed by atoms with Gasteiger partial charge in [-0.2, -0.15) is 0 Å². The third-order valence-corrected chi connectivity index (χ3v) is 6.00. The Morgan fingerprint density at radius 3 is 2.92 bits per heavy atom. The minimum atomic E-state index is -0.0407. The van der Waals surface area contributed by atoms with Crippen molar-refractivity contribution in [1.82, 2.24) is 4.98 Å². The first-order valence-electron chi connectivity index (χ1n) is 8.36. The van der Waals surface area contributed by atoms with Crippen molar-refractivity contribution in [2.24, 2.45) is 0 Å². The van der Waals surface area contributed by atoms with Gasteiger partial charge >= 0.3 is 0 Å². The Hall–Kier alpha value is -1.70. The van der Waals surface area contributed by atoms with E-state index in [2.05, 4.69) is 45.3 Å². The second-order valence-electron chi connectivity index (χ2n) is 5.63. The van der Waals surface area contributed by atoms with E-state index < -0.39 is 0 Å². The number of anilines is 1. The maximum atomic E-state index is 12.1. The van der Waals surface area contributed by atoms with E-state index in [0.717, 1.165) is 27.2 Å². The number of aromatic nitrogens is 1. The van der Waals surface area contributed by atoms with Crippen molar-refractivity contribution in [2.45, 2.75) is 26.2 Å². The van der Waals surface area contributed by atoms with Gasteiger partial charge in [0.15, 0.2) is 5.13 Å². The van der Waals surface area contributed by atoms with Crippen molar-refractivity contribution in [2.75, 3.05) is 11.9 Å². The maximum absolute atomic E-state index is 12.1. The summed E-state index contributed by atoms with van der Waals surface area (Å²) in [4.78, 5) is 17.6. The highest BCUT2D eigenvalue weighted by atomic mass is 79.9. The predicted octanol–water partition coefficient (Wildman–Crippen LogP) is 5.99. The summed E-state index contributed by atoms with van der Waals surface area (Å²) in [5, 5.41) is 7.47. The summed E-state index contributed by atoms with van der Waals surface area (Å²) in [6.45, 7) is 2.61. The van der Waals surface area contributed by atoms with Gasteiger partial charge in [0.2, 0.25) is 5.91 Å². The molecule has 0 radical (unpaired) electrons. The number of aryl methyl sites for hydroxylation is 1. The van der Waals surface area contributed by atoms with Gasteiger partial charge in [0, 0.05) is 11.8 Å². The molecule has 0 saturated carbocycles. The molecule has 0 aliphatic carbocycles. The number of benzene rings is 1. The monoisotopic (exact) mass is 450 g/mol. The molecule has 136 valence electrons. The first-order valence-corrected chi connectivity index (χ1v) is 10.9. The lowest BCUT2D eigenvalue weighted by atomic mass is 10.2. The smallest absolute Gasteiger partial charge is 0.226 e. The number of thiophene rings is 1. The zero-order chi connectivity index (χ0) is 18.4. The van der Waals surface area contributed by atoms with Crippen molar-refractivity contribution >= 4 is 49.6 Å². The van der Waals surface area contributed by atoms with Crippen molar-refractivity contribution in [3.05, 3.63) is 51.1 Å². The van der Waals surface area contributed by atoms with Crippen LogP contribution in [0.2, 0.25) is 0 Å². The van der Waals surface area contributed by atoms with Gasteiger partial charge in [-0.05, 0) is 57.9 Å². The van der Waals surface area contributed by atoms with E-state index in [-0.39, 0.29) is 5.91 Å². The Bertz CT molecular complexity index is 862. The third kappa shape index (κ3) is 5.16. The van der Waals surface area contributed by atoms with E-state index in [9.17, 15) is 4.79 Å². The number of halogens is 1. The summed E-state index contributed by atoms with van der Waals surface area (Å²) in [6.07, 6.45) is 2.04. The predicted molar refractivity (Wildman–Crippen MR) is 112 cm³/mol. The fourth-order valence-corrected chi connectivity index (χ4v) is 4.37. The first kappa shape index (κ1) is 19.1. The highest BCUT2D eigenvalue weighted by Crippen LogP contribution is 2.28. The number of hydrogen-bond donors (Lipinski definition) is 1. The average Bonchev–Trinajstić information content (AvgIpc) is 3.31. The highest BCUT2D eigenvalue weighted by molar-refractivity contribution is 9.10. The molecule has 7 heteroatoms. The van der Waals surface area contributed by atoms with E-state index in [4.69, 9.17) is 4.74 Å². The van der Waals surface area contributed by atoms with Crippen LogP contribution in [0, 0.1) is 0 Å². The molecule has 1 amide bonds. The minimum absolute atomic E-state index is 0.0407. The van der Waals surface area contributed by atoms with Crippen LogP contribution in [-0.2, 0) is 11.2 Å². The largest absolute Gasteiger partial charge is 0.492 e. The number of carbonyl (C=O) groups is 1. The van der Waals surface area contributed by atoms with Gasteiger partial charge in [-0.1, -0.05) is 19.1 Å². The van der Waals surface area contributed by atoms with Crippen LogP contribution in [0.5, 0.6) is 5.75 Å². The Kier molecular flexibility index (Phi) is 6.82. The zero-order valence-corrected chi connectivity index (χ0v) is 17.5. The van der Waals surface area contributed by atoms with Crippen LogP contribution in [-0.4, -0.2) is 17.5 Å². The summed E-state index contributed by atoms with van der Waals surface area (Å²) in [5.74, 6) is 0.768. The lowest BCUT2D eigenvalue weighted by molar-refractivity contribution is -0.116. The summed E-state index contributed by atoms with van der Waals surface area (Å²) in [5.41, 5.74) is 2.16. The molecule has 0 unspecified atom stereocenters. The fraction of sp³-hybridized carbons (Fsp3) is 0.263. The number of ether oxygens (including phenoxy) is 1. The molecule has 1 aromatic carbocycles. The molecule has 0 aliphatic rings. The van der Waals surface area contributed by atoms with E-state index in [1.165, 1.54) is 16.9 Å². The normalized spacial score (nSPS) is 10.7. The van der Waals surface area contributed by atoms with Crippen LogP contribution in [0.25, 0.3) is 10.6 Å². The molecule has 0 fully saturated rings. The SMILES string of the molecule is CCc1ccc(OCCCC(=O)Nc2nc(-c3cccs3)cs2)c(Br)c1. The molecule has 3 rings (SSSR count). The van der Waals surface area contributed by atoms with Crippen LogP contribution < -0.4 is 10.1 Å². The molecule has 1 N–H and O–H groups in total. The lowest BCUT2D eigenvalue weighted by Crippen LogP contribution is -2.12. The van der Waals surface area contributed by atoms with Crippen molar-refractivity contribution in [3.8, 4) is 16.3 Å². The molecule has 0 aliphatic heterocycles. The highest BCUT2D eigenvalue weighted by Gasteiger charge is 2.09. The van der Waals surface area contributed by atoms with E-state index >= 15 is 0 Å². The van der Waals surface area contributed by atoms with Crippen LogP contribution in [0.3, 0.4) is 0 Å². The number of rotatable bonds is 8. The standard InChI is InChI=1S/C19H19BrN2O2S2/c1-2-13-7-8-16(14(20)11-13)24-9-3-6-18(23)22-19-21-15(12-26-19)17-5-4-10-25-17/h4-5,7-8,10-12H,2-3,6,9H2,1H3,(H,21,22,23). The second-order valence-corrected chi connectivity index (χ2v) is 8.29. The number of nitrogens with zero attached hydrogens (tertiary/aromatic N) is 1. The van der Waals surface area contributed by atoms with Gasteiger partial charge in [0.25, 0.3) is 0 Å². The van der Waals surface area contributed by atoms with Gasteiger partial charge in [-0.25, -0.2) is 4.98 Å². The summed E-state index contributed by atoms with van der Waals surface area (Å²) in [7, 11) is 0. The lowest BCUT2D eigenvalue weighted by Gasteiger charge is -2.09. The van der Waals surface area contributed by atoms with Crippen LogP contribution in [0.15, 0.2) is 45.6 Å². The number of nitrogens with one attached hydrogen (secondary N) is 1. The molecule has 0 bridgehead atoms. The summed E-state index contributed by atoms with van der Waals surface area (Å²) in [6, 6.07) is 10.1. The van der Waals surface area contributed by atoms with Crippen LogP contribution in [0.4, 0.5) is 5.13 Å². The fourth-order valence-electron chi connectivity index (χ4n) is 2.35. The molecule has 4 nitrogen and oxygen atoms in total. The van der Waals surface area contributed by atoms with E-state index in [1.54, 1.807) is 11.3 Å². The molecule has 3 aromatic rings.